The van der Waals surface area contributed by atoms with E-state index >= 15 is 0 Å². The molecule has 36 heavy (non-hydrogen) atoms. The number of benzene rings is 4. The average Bonchev–Trinajstić information content (AvgIpc) is 3.34. The highest BCUT2D eigenvalue weighted by Crippen LogP contribution is 2.27. The maximum Gasteiger partial charge on any atom is 0.286 e. The van der Waals surface area contributed by atoms with Gasteiger partial charge in [-0.05, 0) is 59.7 Å². The molecule has 0 saturated heterocycles. The van der Waals surface area contributed by atoms with Gasteiger partial charge in [-0.3, -0.25) is 13.9 Å². The first-order valence-corrected chi connectivity index (χ1v) is 11.6. The Labute approximate surface area is 210 Å². The molecule has 0 amide bonds. The van der Waals surface area contributed by atoms with Crippen LogP contribution in [0.4, 0.5) is 4.39 Å². The second-order valence-electron chi connectivity index (χ2n) is 8.26. The van der Waals surface area contributed by atoms with Crippen molar-refractivity contribution >= 4 is 22.8 Å². The quantitative estimate of drug-likeness (QED) is 0.275. The number of fused-ring (bicyclic) bond motifs is 1. The number of hydrogen-bond acceptors (Lipinski definition) is 3. The monoisotopic (exact) mass is 492 g/mol. The lowest BCUT2D eigenvalue weighted by atomic mass is 10.0. The van der Waals surface area contributed by atoms with Crippen molar-refractivity contribution in [2.45, 2.75) is 0 Å². The van der Waals surface area contributed by atoms with Gasteiger partial charge in [-0.1, -0.05) is 66.2 Å². The van der Waals surface area contributed by atoms with Crippen molar-refractivity contribution in [2.75, 3.05) is 0 Å². The first-order valence-electron chi connectivity index (χ1n) is 11.3. The summed E-state index contributed by atoms with van der Waals surface area (Å²) in [5.41, 5.74) is 4.25. The summed E-state index contributed by atoms with van der Waals surface area (Å²) < 4.78 is 17.1. The summed E-state index contributed by atoms with van der Waals surface area (Å²) in [6, 6.07) is 30.6. The molecule has 174 valence electrons. The van der Waals surface area contributed by atoms with E-state index in [1.54, 1.807) is 41.2 Å². The molecule has 0 aliphatic heterocycles. The van der Waals surface area contributed by atoms with Crippen LogP contribution in [0.25, 0.3) is 45.1 Å². The lowest BCUT2D eigenvalue weighted by molar-refractivity contribution is 0.628. The van der Waals surface area contributed by atoms with Gasteiger partial charge in [-0.15, -0.1) is 0 Å². The summed E-state index contributed by atoms with van der Waals surface area (Å²) >= 11 is 6.10. The molecular formula is C29H18ClFN4O. The summed E-state index contributed by atoms with van der Waals surface area (Å²) in [5, 5.41) is 0.565. The van der Waals surface area contributed by atoms with E-state index in [1.165, 1.54) is 16.7 Å². The van der Waals surface area contributed by atoms with E-state index in [4.69, 9.17) is 16.6 Å². The number of nitrogens with zero attached hydrogens (tertiary/aromatic N) is 4. The fraction of sp³-hybridized carbons (Fsp3) is 0. The highest BCUT2D eigenvalue weighted by atomic mass is 35.5. The predicted molar refractivity (Wildman–Crippen MR) is 140 cm³/mol. The molecule has 0 bridgehead atoms. The van der Waals surface area contributed by atoms with Crippen molar-refractivity contribution in [3.63, 3.8) is 0 Å². The van der Waals surface area contributed by atoms with Crippen molar-refractivity contribution in [2.24, 2.45) is 0 Å². The molecule has 4 aromatic carbocycles. The van der Waals surface area contributed by atoms with Crippen LogP contribution in [-0.2, 0) is 0 Å². The summed E-state index contributed by atoms with van der Waals surface area (Å²) in [6.45, 7) is 0. The van der Waals surface area contributed by atoms with Crippen molar-refractivity contribution in [1.82, 2.24) is 19.1 Å². The molecule has 7 heteroatoms. The van der Waals surface area contributed by atoms with Crippen LogP contribution in [0.15, 0.2) is 114 Å². The van der Waals surface area contributed by atoms with E-state index in [-0.39, 0.29) is 16.9 Å². The van der Waals surface area contributed by atoms with Crippen LogP contribution in [-0.4, -0.2) is 19.1 Å². The van der Waals surface area contributed by atoms with Gasteiger partial charge in [-0.2, -0.15) is 0 Å². The zero-order valence-electron chi connectivity index (χ0n) is 18.8. The maximum atomic E-state index is 13.8. The molecule has 0 aliphatic carbocycles. The van der Waals surface area contributed by atoms with Crippen molar-refractivity contribution in [3.05, 3.63) is 131 Å². The van der Waals surface area contributed by atoms with Crippen LogP contribution in [0.3, 0.4) is 0 Å². The molecule has 0 aliphatic rings. The average molecular weight is 493 g/mol. The Morgan fingerprint density at radius 2 is 1.44 bits per heavy atom. The Hall–Kier alpha value is -4.55. The van der Waals surface area contributed by atoms with Gasteiger partial charge < -0.3 is 0 Å². The Kier molecular flexibility index (Phi) is 5.43. The van der Waals surface area contributed by atoms with Crippen LogP contribution >= 0.6 is 11.6 Å². The Morgan fingerprint density at radius 3 is 2.17 bits per heavy atom. The molecular weight excluding hydrogens is 475 g/mol. The number of imidazole rings is 1. The SMILES string of the molecule is O=c1c2ncn(-c3ccccc3)c2nc(-c2ccc(-c3cccc(F)c3)cc2)n1-c1ccc(Cl)cc1. The molecule has 0 atom stereocenters. The maximum absolute atomic E-state index is 13.8. The van der Waals surface area contributed by atoms with Gasteiger partial charge in [0.25, 0.3) is 5.56 Å². The first kappa shape index (κ1) is 21.9. The number of hydrogen-bond donors (Lipinski definition) is 0. The number of aromatic nitrogens is 4. The fourth-order valence-electron chi connectivity index (χ4n) is 4.23. The Balaban J connectivity index is 1.58. The Morgan fingerprint density at radius 1 is 0.722 bits per heavy atom. The highest BCUT2D eigenvalue weighted by molar-refractivity contribution is 6.30. The minimum atomic E-state index is -0.297. The van der Waals surface area contributed by atoms with E-state index in [9.17, 15) is 9.18 Å². The molecule has 6 rings (SSSR count). The van der Waals surface area contributed by atoms with Gasteiger partial charge in [0.1, 0.15) is 18.0 Å². The lowest BCUT2D eigenvalue weighted by Crippen LogP contribution is -2.22. The predicted octanol–water partition coefficient (Wildman–Crippen LogP) is 6.70. The molecule has 0 unspecified atom stereocenters. The molecule has 0 spiro atoms. The van der Waals surface area contributed by atoms with Crippen LogP contribution in [0.2, 0.25) is 5.02 Å². The summed E-state index contributed by atoms with van der Waals surface area (Å²) in [4.78, 5) is 23.1. The molecule has 2 heterocycles. The smallest absolute Gasteiger partial charge is 0.283 e. The van der Waals surface area contributed by atoms with Gasteiger partial charge in [0.15, 0.2) is 11.2 Å². The van der Waals surface area contributed by atoms with E-state index in [1.807, 2.05) is 60.7 Å². The van der Waals surface area contributed by atoms with Gasteiger partial charge >= 0.3 is 0 Å². The fourth-order valence-corrected chi connectivity index (χ4v) is 4.36. The zero-order chi connectivity index (χ0) is 24.6. The highest BCUT2D eigenvalue weighted by Gasteiger charge is 2.19. The summed E-state index contributed by atoms with van der Waals surface area (Å²) in [5.74, 6) is 0.160. The van der Waals surface area contributed by atoms with Gasteiger partial charge in [-0.25, -0.2) is 14.4 Å². The lowest BCUT2D eigenvalue weighted by Gasteiger charge is -2.14. The van der Waals surface area contributed by atoms with Crippen LogP contribution < -0.4 is 5.56 Å². The largest absolute Gasteiger partial charge is 0.286 e. The van der Waals surface area contributed by atoms with Gasteiger partial charge in [0.05, 0.1) is 5.69 Å². The molecule has 0 fully saturated rings. The number of rotatable bonds is 4. The molecule has 0 saturated carbocycles. The van der Waals surface area contributed by atoms with E-state index < -0.39 is 0 Å². The second-order valence-corrected chi connectivity index (χ2v) is 8.70. The minimum Gasteiger partial charge on any atom is -0.283 e. The van der Waals surface area contributed by atoms with Crippen molar-refractivity contribution < 1.29 is 4.39 Å². The topological polar surface area (TPSA) is 52.7 Å². The van der Waals surface area contributed by atoms with E-state index in [2.05, 4.69) is 4.98 Å². The van der Waals surface area contributed by atoms with Crippen LogP contribution in [0.5, 0.6) is 0 Å². The van der Waals surface area contributed by atoms with Gasteiger partial charge in [0, 0.05) is 16.3 Å². The van der Waals surface area contributed by atoms with Crippen LogP contribution in [0, 0.1) is 5.82 Å². The van der Waals surface area contributed by atoms with Gasteiger partial charge in [0.2, 0.25) is 0 Å². The molecule has 0 radical (unpaired) electrons. The molecule has 6 aromatic rings. The van der Waals surface area contributed by atoms with Crippen molar-refractivity contribution in [1.29, 1.82) is 0 Å². The summed E-state index contributed by atoms with van der Waals surface area (Å²) in [7, 11) is 0. The number of para-hydroxylation sites is 1. The standard InChI is InChI=1S/C29H18ClFN4O/c30-22-13-15-25(16-14-22)35-27(20-11-9-19(10-12-20)21-5-4-6-23(31)17-21)33-28-26(29(35)36)32-18-34(28)24-7-2-1-3-8-24/h1-18H. The third kappa shape index (κ3) is 3.87. The molecule has 0 N–H and O–H groups in total. The minimum absolute atomic E-state index is 0.258. The summed E-state index contributed by atoms with van der Waals surface area (Å²) in [6.07, 6.45) is 1.61. The third-order valence-electron chi connectivity index (χ3n) is 5.99. The molecule has 2 aromatic heterocycles. The first-order chi connectivity index (χ1) is 17.6. The Bertz CT molecular complexity index is 1760. The number of halogens is 2. The third-order valence-corrected chi connectivity index (χ3v) is 6.24. The van der Waals surface area contributed by atoms with Crippen molar-refractivity contribution in [3.8, 4) is 33.9 Å². The normalized spacial score (nSPS) is 11.2. The second kappa shape index (κ2) is 8.91. The van der Waals surface area contributed by atoms with E-state index in [0.29, 0.717) is 22.2 Å². The van der Waals surface area contributed by atoms with Crippen LogP contribution in [0.1, 0.15) is 0 Å². The molecule has 5 nitrogen and oxygen atoms in total. The zero-order valence-corrected chi connectivity index (χ0v) is 19.6. The van der Waals surface area contributed by atoms with E-state index in [0.717, 1.165) is 22.4 Å².